The maximum Gasteiger partial charge on any atom is 0.151 e. The van der Waals surface area contributed by atoms with Crippen molar-refractivity contribution in [2.24, 2.45) is 0 Å². The molecule has 1 fully saturated rings. The molecule has 0 amide bonds. The SMILES string of the molecule is O=S1(=O)CCC[C@H](NCCCc2cccc(Br)c2)C1. The third-order valence-corrected chi connectivity index (χ3v) is 5.74. The lowest BCUT2D eigenvalue weighted by Crippen LogP contribution is -2.40. The second kappa shape index (κ2) is 6.86. The monoisotopic (exact) mass is 345 g/mol. The molecule has 0 aromatic heterocycles. The standard InChI is InChI=1S/C14H20BrNO2S/c15-13-6-1-4-12(10-13)5-2-8-16-14-7-3-9-19(17,18)11-14/h1,4,6,10,14,16H,2-3,5,7-9,11H2/t14-/m0/s1. The maximum absolute atomic E-state index is 11.5. The van der Waals surface area contributed by atoms with Gasteiger partial charge in [0.25, 0.3) is 0 Å². The average molecular weight is 346 g/mol. The Kier molecular flexibility index (Phi) is 5.42. The second-order valence-corrected chi connectivity index (χ2v) is 8.29. The lowest BCUT2D eigenvalue weighted by Gasteiger charge is -2.23. The van der Waals surface area contributed by atoms with E-state index >= 15 is 0 Å². The molecule has 0 radical (unpaired) electrons. The van der Waals surface area contributed by atoms with Crippen LogP contribution < -0.4 is 5.32 Å². The molecule has 1 aromatic rings. The van der Waals surface area contributed by atoms with Crippen LogP contribution in [0.15, 0.2) is 28.7 Å². The van der Waals surface area contributed by atoms with Crippen molar-refractivity contribution in [3.05, 3.63) is 34.3 Å². The molecule has 1 heterocycles. The minimum atomic E-state index is -2.80. The van der Waals surface area contributed by atoms with Gasteiger partial charge in [0, 0.05) is 10.5 Å². The quantitative estimate of drug-likeness (QED) is 0.834. The molecular weight excluding hydrogens is 326 g/mol. The Morgan fingerprint density at radius 2 is 2.21 bits per heavy atom. The molecule has 5 heteroatoms. The highest BCUT2D eigenvalue weighted by Gasteiger charge is 2.23. The minimum Gasteiger partial charge on any atom is -0.313 e. The predicted molar refractivity (Wildman–Crippen MR) is 82.1 cm³/mol. The molecule has 1 aliphatic heterocycles. The van der Waals surface area contributed by atoms with Gasteiger partial charge in [-0.05, 0) is 49.9 Å². The van der Waals surface area contributed by atoms with Gasteiger partial charge in [0.05, 0.1) is 11.5 Å². The maximum atomic E-state index is 11.5. The fraction of sp³-hybridized carbons (Fsp3) is 0.571. The summed E-state index contributed by atoms with van der Waals surface area (Å²) in [5.74, 6) is 0.674. The van der Waals surface area contributed by atoms with E-state index in [1.165, 1.54) is 5.56 Å². The first-order valence-electron chi connectivity index (χ1n) is 6.73. The number of halogens is 1. The van der Waals surface area contributed by atoms with E-state index in [1.54, 1.807) is 0 Å². The first kappa shape index (κ1) is 15.0. The van der Waals surface area contributed by atoms with Crippen LogP contribution in [-0.4, -0.2) is 32.5 Å². The van der Waals surface area contributed by atoms with Crippen molar-refractivity contribution in [2.45, 2.75) is 31.7 Å². The van der Waals surface area contributed by atoms with Crippen molar-refractivity contribution in [3.8, 4) is 0 Å². The molecule has 0 aliphatic carbocycles. The zero-order valence-electron chi connectivity index (χ0n) is 10.9. The highest BCUT2D eigenvalue weighted by Crippen LogP contribution is 2.14. The Morgan fingerprint density at radius 1 is 1.37 bits per heavy atom. The first-order chi connectivity index (χ1) is 9.05. The highest BCUT2D eigenvalue weighted by atomic mass is 79.9. The number of nitrogens with one attached hydrogen (secondary N) is 1. The Bertz CT molecular complexity index is 516. The number of rotatable bonds is 5. The predicted octanol–water partition coefficient (Wildman–Crippen LogP) is 2.55. The molecule has 1 aromatic carbocycles. The summed E-state index contributed by atoms with van der Waals surface area (Å²) in [4.78, 5) is 0. The molecule has 0 spiro atoms. The van der Waals surface area contributed by atoms with E-state index in [9.17, 15) is 8.42 Å². The summed E-state index contributed by atoms with van der Waals surface area (Å²) in [5.41, 5.74) is 1.31. The van der Waals surface area contributed by atoms with Crippen LogP contribution >= 0.6 is 15.9 Å². The van der Waals surface area contributed by atoms with Crippen molar-refractivity contribution in [2.75, 3.05) is 18.1 Å². The molecule has 106 valence electrons. The lowest BCUT2D eigenvalue weighted by atomic mass is 10.1. The Morgan fingerprint density at radius 3 is 2.95 bits per heavy atom. The van der Waals surface area contributed by atoms with E-state index in [1.807, 2.05) is 12.1 Å². The minimum absolute atomic E-state index is 0.154. The van der Waals surface area contributed by atoms with E-state index in [-0.39, 0.29) is 6.04 Å². The van der Waals surface area contributed by atoms with Crippen LogP contribution in [0.25, 0.3) is 0 Å². The summed E-state index contributed by atoms with van der Waals surface area (Å²) in [5, 5.41) is 3.37. The summed E-state index contributed by atoms with van der Waals surface area (Å²) in [7, 11) is -2.80. The zero-order valence-corrected chi connectivity index (χ0v) is 13.3. The van der Waals surface area contributed by atoms with Gasteiger partial charge in [-0.25, -0.2) is 8.42 Å². The first-order valence-corrected chi connectivity index (χ1v) is 9.35. The normalized spacial score (nSPS) is 22.3. The number of sulfone groups is 1. The lowest BCUT2D eigenvalue weighted by molar-refractivity contribution is 0.476. The van der Waals surface area contributed by atoms with Gasteiger partial charge in [-0.15, -0.1) is 0 Å². The van der Waals surface area contributed by atoms with Crippen LogP contribution in [0.2, 0.25) is 0 Å². The molecule has 0 saturated carbocycles. The van der Waals surface area contributed by atoms with Crippen molar-refractivity contribution in [1.82, 2.24) is 5.32 Å². The molecular formula is C14H20BrNO2S. The Labute approximate surface area is 123 Å². The molecule has 1 N–H and O–H groups in total. The molecule has 2 rings (SSSR count). The fourth-order valence-corrected chi connectivity index (χ4v) is 4.59. The van der Waals surface area contributed by atoms with E-state index in [0.29, 0.717) is 11.5 Å². The summed E-state index contributed by atoms with van der Waals surface area (Å²) in [6.45, 7) is 0.882. The Hall–Kier alpha value is -0.390. The topological polar surface area (TPSA) is 46.2 Å². The molecule has 1 atom stereocenters. The van der Waals surface area contributed by atoms with Gasteiger partial charge in [0.15, 0.2) is 9.84 Å². The fourth-order valence-electron chi connectivity index (χ4n) is 2.47. The van der Waals surface area contributed by atoms with Crippen molar-refractivity contribution < 1.29 is 8.42 Å². The van der Waals surface area contributed by atoms with Crippen molar-refractivity contribution >= 4 is 25.8 Å². The largest absolute Gasteiger partial charge is 0.313 e. The molecule has 0 bridgehead atoms. The van der Waals surface area contributed by atoms with Gasteiger partial charge < -0.3 is 5.32 Å². The van der Waals surface area contributed by atoms with Crippen LogP contribution in [0, 0.1) is 0 Å². The van der Waals surface area contributed by atoms with Crippen LogP contribution in [0.5, 0.6) is 0 Å². The summed E-state index contributed by atoms with van der Waals surface area (Å²) >= 11 is 3.46. The smallest absolute Gasteiger partial charge is 0.151 e. The molecule has 1 aliphatic rings. The number of hydrogen-bond donors (Lipinski definition) is 1. The van der Waals surface area contributed by atoms with Gasteiger partial charge in [-0.3, -0.25) is 0 Å². The van der Waals surface area contributed by atoms with Gasteiger partial charge in [-0.2, -0.15) is 0 Å². The van der Waals surface area contributed by atoms with E-state index < -0.39 is 9.84 Å². The summed E-state index contributed by atoms with van der Waals surface area (Å²) in [6.07, 6.45) is 3.83. The number of aryl methyl sites for hydroxylation is 1. The number of benzene rings is 1. The highest BCUT2D eigenvalue weighted by molar-refractivity contribution is 9.10. The molecule has 3 nitrogen and oxygen atoms in total. The Balaban J connectivity index is 1.69. The van der Waals surface area contributed by atoms with E-state index in [4.69, 9.17) is 0 Å². The molecule has 19 heavy (non-hydrogen) atoms. The van der Waals surface area contributed by atoms with Gasteiger partial charge in [0.1, 0.15) is 0 Å². The van der Waals surface area contributed by atoms with Crippen LogP contribution in [0.4, 0.5) is 0 Å². The second-order valence-electron chi connectivity index (χ2n) is 5.14. The van der Waals surface area contributed by atoms with Crippen molar-refractivity contribution in [3.63, 3.8) is 0 Å². The molecule has 0 unspecified atom stereocenters. The van der Waals surface area contributed by atoms with Crippen LogP contribution in [-0.2, 0) is 16.3 Å². The van der Waals surface area contributed by atoms with E-state index in [2.05, 4.69) is 33.4 Å². The van der Waals surface area contributed by atoms with Gasteiger partial charge >= 0.3 is 0 Å². The summed E-state index contributed by atoms with van der Waals surface area (Å²) in [6, 6.07) is 8.47. The van der Waals surface area contributed by atoms with Gasteiger partial charge in [-0.1, -0.05) is 28.1 Å². The van der Waals surface area contributed by atoms with Gasteiger partial charge in [0.2, 0.25) is 0 Å². The molecule has 1 saturated heterocycles. The van der Waals surface area contributed by atoms with E-state index in [0.717, 1.165) is 36.7 Å². The average Bonchev–Trinajstić information content (AvgIpc) is 2.34. The van der Waals surface area contributed by atoms with Crippen LogP contribution in [0.3, 0.4) is 0 Å². The third kappa shape index (κ3) is 5.24. The summed E-state index contributed by atoms with van der Waals surface area (Å²) < 4.78 is 24.1. The van der Waals surface area contributed by atoms with Crippen molar-refractivity contribution in [1.29, 1.82) is 0 Å². The number of hydrogen-bond acceptors (Lipinski definition) is 3. The zero-order chi connectivity index (χ0) is 13.7. The van der Waals surface area contributed by atoms with Crippen LogP contribution in [0.1, 0.15) is 24.8 Å². The third-order valence-electron chi connectivity index (χ3n) is 3.43.